The summed E-state index contributed by atoms with van der Waals surface area (Å²) < 4.78 is 57.2. The van der Waals surface area contributed by atoms with Crippen molar-refractivity contribution in [3.05, 3.63) is 140 Å². The van der Waals surface area contributed by atoms with Gasteiger partial charge in [0.25, 0.3) is 20.0 Å². The van der Waals surface area contributed by atoms with E-state index in [-0.39, 0.29) is 15.5 Å². The Morgan fingerprint density at radius 3 is 1.28 bits per heavy atom. The van der Waals surface area contributed by atoms with Gasteiger partial charge in [-0.3, -0.25) is 0 Å². The van der Waals surface area contributed by atoms with E-state index >= 15 is 0 Å². The second kappa shape index (κ2) is 9.69. The highest BCUT2D eigenvalue weighted by Gasteiger charge is 2.37. The summed E-state index contributed by atoms with van der Waals surface area (Å²) in [5, 5.41) is 3.10. The molecule has 0 bridgehead atoms. The zero-order valence-electron chi connectivity index (χ0n) is 20.7. The molecule has 0 aliphatic rings. The molecule has 0 aliphatic carbocycles. The molecule has 0 saturated carbocycles. The molecule has 0 fully saturated rings. The summed E-state index contributed by atoms with van der Waals surface area (Å²) in [6, 6.07) is 40.0. The van der Waals surface area contributed by atoms with Gasteiger partial charge < -0.3 is 0 Å². The van der Waals surface area contributed by atoms with Crippen LogP contribution >= 0.6 is 0 Å². The molecule has 0 radical (unpaired) electrons. The van der Waals surface area contributed by atoms with Gasteiger partial charge in [0.05, 0.1) is 15.5 Å². The summed E-state index contributed by atoms with van der Waals surface area (Å²) in [6.45, 7) is 0. The van der Waals surface area contributed by atoms with E-state index in [1.54, 1.807) is 36.4 Å². The Morgan fingerprint density at radius 1 is 0.385 bits per heavy atom. The van der Waals surface area contributed by atoms with E-state index in [9.17, 15) is 16.8 Å². The van der Waals surface area contributed by atoms with Crippen molar-refractivity contribution < 1.29 is 16.8 Å². The molecule has 0 saturated heterocycles. The van der Waals surface area contributed by atoms with Gasteiger partial charge in [-0.25, -0.2) is 16.8 Å². The molecule has 6 aromatic carbocycles. The van der Waals surface area contributed by atoms with Gasteiger partial charge in [0.15, 0.2) is 0 Å². The lowest BCUT2D eigenvalue weighted by Gasteiger charge is -2.25. The molecule has 192 valence electrons. The summed E-state index contributed by atoms with van der Waals surface area (Å²) in [5.41, 5.74) is 1.80. The zero-order chi connectivity index (χ0) is 27.0. The van der Waals surface area contributed by atoms with Gasteiger partial charge in [-0.2, -0.15) is 3.71 Å². The number of fused-ring (bicyclic) bond motifs is 2. The van der Waals surface area contributed by atoms with Crippen LogP contribution in [0.1, 0.15) is 0 Å². The number of sulfonamides is 2. The summed E-state index contributed by atoms with van der Waals surface area (Å²) >= 11 is 0. The molecule has 6 rings (SSSR count). The lowest BCUT2D eigenvalue weighted by atomic mass is 10.1. The van der Waals surface area contributed by atoms with Crippen LogP contribution in [-0.4, -0.2) is 16.8 Å². The molecule has 0 aliphatic heterocycles. The van der Waals surface area contributed by atoms with E-state index in [0.717, 1.165) is 21.9 Å². The molecule has 0 amide bonds. The fourth-order valence-corrected chi connectivity index (χ4v) is 8.42. The highest BCUT2D eigenvalue weighted by Crippen LogP contribution is 2.34. The van der Waals surface area contributed by atoms with E-state index in [2.05, 4.69) is 0 Å². The van der Waals surface area contributed by atoms with Crippen molar-refractivity contribution in [1.82, 2.24) is 0 Å². The normalized spacial score (nSPS) is 12.0. The van der Waals surface area contributed by atoms with E-state index < -0.39 is 20.0 Å². The van der Waals surface area contributed by atoms with Gasteiger partial charge in [0, 0.05) is 0 Å². The highest BCUT2D eigenvalue weighted by molar-refractivity contribution is 8.10. The molecule has 7 heteroatoms. The van der Waals surface area contributed by atoms with E-state index in [4.69, 9.17) is 0 Å². The zero-order valence-corrected chi connectivity index (χ0v) is 22.3. The van der Waals surface area contributed by atoms with Crippen LogP contribution in [0.3, 0.4) is 0 Å². The fraction of sp³-hybridized carbons (Fsp3) is 0. The molecule has 0 spiro atoms. The first-order valence-corrected chi connectivity index (χ1v) is 15.2. The van der Waals surface area contributed by atoms with Crippen LogP contribution in [0, 0.1) is 0 Å². The average molecular weight is 550 g/mol. The quantitative estimate of drug-likeness (QED) is 0.219. The van der Waals surface area contributed by atoms with Gasteiger partial charge in [-0.1, -0.05) is 103 Å². The SMILES string of the molecule is O=S(=O)(c1ccc2ccccc2c1)N(c1ccc(-c2ccccc2)cc1)S(=O)(=O)c1ccc2ccccc2c1. The van der Waals surface area contributed by atoms with Crippen LogP contribution in [-0.2, 0) is 20.0 Å². The highest BCUT2D eigenvalue weighted by atomic mass is 32.3. The van der Waals surface area contributed by atoms with Crippen molar-refractivity contribution >= 4 is 47.3 Å². The lowest BCUT2D eigenvalue weighted by molar-refractivity contribution is 0.584. The lowest BCUT2D eigenvalue weighted by Crippen LogP contribution is -2.37. The molecule has 0 heterocycles. The number of hydrogen-bond donors (Lipinski definition) is 0. The summed E-state index contributed by atoms with van der Waals surface area (Å²) in [5.74, 6) is 0. The Hall–Kier alpha value is -4.46. The van der Waals surface area contributed by atoms with Crippen LogP contribution in [0.25, 0.3) is 32.7 Å². The predicted molar refractivity (Wildman–Crippen MR) is 157 cm³/mol. The first kappa shape index (κ1) is 24.9. The number of rotatable bonds is 6. The molecule has 0 unspecified atom stereocenters. The second-order valence-corrected chi connectivity index (χ2v) is 12.9. The van der Waals surface area contributed by atoms with Crippen LogP contribution in [0.2, 0.25) is 0 Å². The summed E-state index contributed by atoms with van der Waals surface area (Å²) in [7, 11) is -9.07. The third kappa shape index (κ3) is 4.56. The smallest absolute Gasteiger partial charge is 0.200 e. The Bertz CT molecular complexity index is 1930. The van der Waals surface area contributed by atoms with Crippen molar-refractivity contribution in [1.29, 1.82) is 0 Å². The van der Waals surface area contributed by atoms with Crippen molar-refractivity contribution in [2.24, 2.45) is 0 Å². The van der Waals surface area contributed by atoms with Gasteiger partial charge in [-0.05, 0) is 69.1 Å². The molecule has 0 atom stereocenters. The fourth-order valence-electron chi connectivity index (χ4n) is 4.66. The molecule has 0 N–H and O–H groups in total. The molecule has 0 aromatic heterocycles. The van der Waals surface area contributed by atoms with Crippen molar-refractivity contribution in [3.8, 4) is 11.1 Å². The number of hydrogen-bond acceptors (Lipinski definition) is 4. The van der Waals surface area contributed by atoms with Crippen molar-refractivity contribution in [2.75, 3.05) is 3.71 Å². The Kier molecular flexibility index (Phi) is 6.17. The van der Waals surface area contributed by atoms with Gasteiger partial charge >= 0.3 is 0 Å². The molecule has 5 nitrogen and oxygen atoms in total. The Balaban J connectivity index is 1.53. The summed E-state index contributed by atoms with van der Waals surface area (Å²) in [4.78, 5) is -0.226. The number of nitrogens with zero attached hydrogens (tertiary/aromatic N) is 1. The standard InChI is InChI=1S/C32H23NO4S2/c34-38(35,31-20-16-25-10-4-6-12-28(25)22-31)33(30-18-14-27(15-19-30)24-8-2-1-3-9-24)39(36,37)32-21-17-26-11-5-7-13-29(26)23-32/h1-23H. The third-order valence-corrected chi connectivity index (χ3v) is 10.8. The first-order chi connectivity index (χ1) is 18.8. The first-order valence-electron chi connectivity index (χ1n) is 12.3. The maximum Gasteiger partial charge on any atom is 0.277 e. The van der Waals surface area contributed by atoms with E-state index in [1.165, 1.54) is 36.4 Å². The minimum absolute atomic E-state index is 0.0241. The third-order valence-electron chi connectivity index (χ3n) is 6.66. The van der Waals surface area contributed by atoms with Gasteiger partial charge in [0.2, 0.25) is 0 Å². The number of anilines is 1. The van der Waals surface area contributed by atoms with E-state index in [0.29, 0.717) is 14.5 Å². The molecule has 39 heavy (non-hydrogen) atoms. The Morgan fingerprint density at radius 2 is 0.795 bits per heavy atom. The second-order valence-electron chi connectivity index (χ2n) is 9.14. The van der Waals surface area contributed by atoms with Gasteiger partial charge in [0.1, 0.15) is 0 Å². The number of benzene rings is 6. The minimum Gasteiger partial charge on any atom is -0.200 e. The maximum absolute atomic E-state index is 14.2. The van der Waals surface area contributed by atoms with Crippen molar-refractivity contribution in [2.45, 2.75) is 9.79 Å². The van der Waals surface area contributed by atoms with Crippen LogP contribution in [0.4, 0.5) is 5.69 Å². The maximum atomic E-state index is 14.2. The van der Waals surface area contributed by atoms with Crippen molar-refractivity contribution in [3.63, 3.8) is 0 Å². The predicted octanol–water partition coefficient (Wildman–Crippen LogP) is 7.24. The monoisotopic (exact) mass is 549 g/mol. The largest absolute Gasteiger partial charge is 0.277 e. The van der Waals surface area contributed by atoms with Crippen LogP contribution in [0.15, 0.2) is 149 Å². The van der Waals surface area contributed by atoms with Crippen LogP contribution < -0.4 is 3.71 Å². The van der Waals surface area contributed by atoms with Crippen LogP contribution in [0.5, 0.6) is 0 Å². The summed E-state index contributed by atoms with van der Waals surface area (Å²) in [6.07, 6.45) is 0. The topological polar surface area (TPSA) is 71.5 Å². The average Bonchev–Trinajstić information content (AvgIpc) is 2.97. The molecule has 6 aromatic rings. The Labute approximate surface area is 227 Å². The molecular formula is C32H23NO4S2. The van der Waals surface area contributed by atoms with E-state index in [1.807, 2.05) is 66.7 Å². The molecular weight excluding hydrogens is 526 g/mol. The van der Waals surface area contributed by atoms with Gasteiger partial charge in [-0.15, -0.1) is 0 Å². The minimum atomic E-state index is -4.54.